The molecule has 7 nitrogen and oxygen atoms in total. The minimum Gasteiger partial charge on any atom is -0.493 e. The van der Waals surface area contributed by atoms with Crippen LogP contribution in [0.4, 0.5) is 10.1 Å². The van der Waals surface area contributed by atoms with Crippen molar-refractivity contribution < 1.29 is 23.5 Å². The number of pyridine rings is 1. The third-order valence-corrected chi connectivity index (χ3v) is 6.39. The van der Waals surface area contributed by atoms with Crippen molar-refractivity contribution in [2.75, 3.05) is 19.1 Å². The zero-order valence-electron chi connectivity index (χ0n) is 20.4. The molecule has 1 saturated carbocycles. The summed E-state index contributed by atoms with van der Waals surface area (Å²) in [7, 11) is 3.02. The Morgan fingerprint density at radius 3 is 2.33 bits per heavy atom. The molecule has 0 radical (unpaired) electrons. The van der Waals surface area contributed by atoms with Crippen molar-refractivity contribution in [1.82, 2.24) is 10.3 Å². The van der Waals surface area contributed by atoms with Crippen molar-refractivity contribution >= 4 is 17.5 Å². The van der Waals surface area contributed by atoms with Gasteiger partial charge in [-0.05, 0) is 54.8 Å². The van der Waals surface area contributed by atoms with Crippen LogP contribution in [-0.4, -0.2) is 37.1 Å². The first-order valence-electron chi connectivity index (χ1n) is 12.0. The predicted molar refractivity (Wildman–Crippen MR) is 135 cm³/mol. The molecule has 1 unspecified atom stereocenters. The predicted octanol–water partition coefficient (Wildman–Crippen LogP) is 5.07. The fourth-order valence-electron chi connectivity index (χ4n) is 4.56. The van der Waals surface area contributed by atoms with E-state index in [0.29, 0.717) is 22.7 Å². The average molecular weight is 492 g/mol. The number of halogens is 1. The summed E-state index contributed by atoms with van der Waals surface area (Å²) >= 11 is 0. The summed E-state index contributed by atoms with van der Waals surface area (Å²) in [5, 5.41) is 3.14. The quantitative estimate of drug-likeness (QED) is 0.476. The first-order chi connectivity index (χ1) is 17.5. The van der Waals surface area contributed by atoms with Crippen molar-refractivity contribution in [3.05, 3.63) is 83.9 Å². The van der Waals surface area contributed by atoms with Crippen LogP contribution < -0.4 is 19.7 Å². The molecule has 0 spiro atoms. The molecule has 4 rings (SSSR count). The van der Waals surface area contributed by atoms with Crippen LogP contribution in [0.1, 0.15) is 54.2 Å². The van der Waals surface area contributed by atoms with Gasteiger partial charge in [0.25, 0.3) is 5.91 Å². The van der Waals surface area contributed by atoms with E-state index in [9.17, 15) is 14.0 Å². The van der Waals surface area contributed by atoms with Gasteiger partial charge in [-0.25, -0.2) is 4.39 Å². The molecule has 36 heavy (non-hydrogen) atoms. The maximum absolute atomic E-state index is 13.9. The van der Waals surface area contributed by atoms with E-state index in [1.807, 2.05) is 0 Å². The van der Waals surface area contributed by atoms with Gasteiger partial charge in [-0.15, -0.1) is 0 Å². The third kappa shape index (κ3) is 5.64. The molecule has 1 N–H and O–H groups in total. The zero-order chi connectivity index (χ0) is 25.5. The SMILES string of the molecule is COc1ccc(N(C(=O)c2ccccn2)C(C(=O)NC2CCCCC2)c2ccc(F)cc2)cc1OC. The molecule has 2 amide bonds. The first-order valence-corrected chi connectivity index (χ1v) is 12.0. The van der Waals surface area contributed by atoms with E-state index in [4.69, 9.17) is 9.47 Å². The highest BCUT2D eigenvalue weighted by Crippen LogP contribution is 2.36. The molecule has 3 aromatic rings. The molecular formula is C28H30FN3O4. The smallest absolute Gasteiger partial charge is 0.277 e. The fraction of sp³-hybridized carbons (Fsp3) is 0.321. The molecule has 2 aromatic carbocycles. The van der Waals surface area contributed by atoms with E-state index in [2.05, 4.69) is 10.3 Å². The van der Waals surface area contributed by atoms with Gasteiger partial charge in [0.1, 0.15) is 17.6 Å². The van der Waals surface area contributed by atoms with E-state index in [1.165, 1.54) is 49.6 Å². The first kappa shape index (κ1) is 25.2. The summed E-state index contributed by atoms with van der Waals surface area (Å²) in [4.78, 5) is 33.4. The minimum atomic E-state index is -1.07. The Morgan fingerprint density at radius 1 is 0.972 bits per heavy atom. The van der Waals surface area contributed by atoms with E-state index in [0.717, 1.165) is 32.1 Å². The van der Waals surface area contributed by atoms with Gasteiger partial charge in [-0.3, -0.25) is 19.5 Å². The molecule has 1 atom stereocenters. The standard InChI is InChI=1S/C28H30FN3O4/c1-35-24-16-15-22(18-25(24)36-2)32(28(34)23-10-6-7-17-30-23)26(19-11-13-20(29)14-12-19)27(33)31-21-8-4-3-5-9-21/h6-7,10-18,21,26H,3-5,8-9H2,1-2H3,(H,31,33). The number of hydrogen-bond acceptors (Lipinski definition) is 5. The van der Waals surface area contributed by atoms with Gasteiger partial charge in [-0.2, -0.15) is 0 Å². The summed E-state index contributed by atoms with van der Waals surface area (Å²) in [5.41, 5.74) is 1.06. The van der Waals surface area contributed by atoms with Crippen LogP contribution in [0.15, 0.2) is 66.9 Å². The third-order valence-electron chi connectivity index (χ3n) is 6.39. The fourth-order valence-corrected chi connectivity index (χ4v) is 4.56. The van der Waals surface area contributed by atoms with Crippen LogP contribution in [0.2, 0.25) is 0 Å². The molecule has 8 heteroatoms. The second kappa shape index (κ2) is 11.7. The number of amides is 2. The molecule has 1 fully saturated rings. The Hall–Kier alpha value is -3.94. The lowest BCUT2D eigenvalue weighted by Gasteiger charge is -2.33. The Morgan fingerprint density at radius 2 is 1.69 bits per heavy atom. The monoisotopic (exact) mass is 491 g/mol. The van der Waals surface area contributed by atoms with Crippen molar-refractivity contribution in [1.29, 1.82) is 0 Å². The number of hydrogen-bond donors (Lipinski definition) is 1. The van der Waals surface area contributed by atoms with Crippen LogP contribution in [0, 0.1) is 5.82 Å². The highest BCUT2D eigenvalue weighted by Gasteiger charge is 2.35. The number of rotatable bonds is 8. The summed E-state index contributed by atoms with van der Waals surface area (Å²) in [6, 6.07) is 14.6. The number of anilines is 1. The van der Waals surface area contributed by atoms with Gasteiger partial charge in [0.2, 0.25) is 5.91 Å². The lowest BCUT2D eigenvalue weighted by molar-refractivity contribution is -0.123. The Labute approximate surface area is 210 Å². The second-order valence-electron chi connectivity index (χ2n) is 8.73. The van der Waals surface area contributed by atoms with Crippen LogP contribution >= 0.6 is 0 Å². The topological polar surface area (TPSA) is 80.8 Å². The number of carbonyl (C=O) groups excluding carboxylic acids is 2. The Balaban J connectivity index is 1.84. The van der Waals surface area contributed by atoms with Crippen LogP contribution in [0.5, 0.6) is 11.5 Å². The molecule has 1 heterocycles. The zero-order valence-corrected chi connectivity index (χ0v) is 20.4. The van der Waals surface area contributed by atoms with Crippen molar-refractivity contribution in [3.8, 4) is 11.5 Å². The average Bonchev–Trinajstić information content (AvgIpc) is 2.92. The van der Waals surface area contributed by atoms with Crippen molar-refractivity contribution in [2.24, 2.45) is 0 Å². The van der Waals surface area contributed by atoms with Gasteiger partial charge in [0.15, 0.2) is 11.5 Å². The minimum absolute atomic E-state index is 0.0198. The Bertz CT molecular complexity index is 1180. The number of carbonyl (C=O) groups is 2. The summed E-state index contributed by atoms with van der Waals surface area (Å²) < 4.78 is 24.7. The second-order valence-corrected chi connectivity index (χ2v) is 8.73. The van der Waals surface area contributed by atoms with Crippen molar-refractivity contribution in [2.45, 2.75) is 44.2 Å². The summed E-state index contributed by atoms with van der Waals surface area (Å²) in [5.74, 6) is -0.363. The number of aromatic nitrogens is 1. The van der Waals surface area contributed by atoms with Crippen LogP contribution in [0.25, 0.3) is 0 Å². The lowest BCUT2D eigenvalue weighted by atomic mass is 9.94. The highest BCUT2D eigenvalue weighted by molar-refractivity contribution is 6.09. The highest BCUT2D eigenvalue weighted by atomic mass is 19.1. The Kier molecular flexibility index (Phi) is 8.15. The summed E-state index contributed by atoms with van der Waals surface area (Å²) in [6.07, 6.45) is 6.51. The molecule has 188 valence electrons. The molecule has 1 aromatic heterocycles. The lowest BCUT2D eigenvalue weighted by Crippen LogP contribution is -2.47. The van der Waals surface area contributed by atoms with Crippen LogP contribution in [0.3, 0.4) is 0 Å². The van der Waals surface area contributed by atoms with Gasteiger partial charge >= 0.3 is 0 Å². The molecule has 0 bridgehead atoms. The number of nitrogens with zero attached hydrogens (tertiary/aromatic N) is 2. The van der Waals surface area contributed by atoms with Gasteiger partial charge < -0.3 is 14.8 Å². The van der Waals surface area contributed by atoms with Crippen LogP contribution in [-0.2, 0) is 4.79 Å². The van der Waals surface area contributed by atoms with E-state index >= 15 is 0 Å². The van der Waals surface area contributed by atoms with Crippen molar-refractivity contribution in [3.63, 3.8) is 0 Å². The maximum Gasteiger partial charge on any atom is 0.277 e. The molecule has 1 aliphatic rings. The number of ether oxygens (including phenoxy) is 2. The number of nitrogens with one attached hydrogen (secondary N) is 1. The molecule has 0 aliphatic heterocycles. The largest absolute Gasteiger partial charge is 0.493 e. The normalized spacial score (nSPS) is 14.5. The molecule has 0 saturated heterocycles. The number of benzene rings is 2. The molecular weight excluding hydrogens is 461 g/mol. The van der Waals surface area contributed by atoms with E-state index in [-0.39, 0.29) is 17.6 Å². The maximum atomic E-state index is 13.9. The number of methoxy groups -OCH3 is 2. The van der Waals surface area contributed by atoms with E-state index < -0.39 is 17.8 Å². The van der Waals surface area contributed by atoms with Gasteiger partial charge in [0, 0.05) is 24.0 Å². The van der Waals surface area contributed by atoms with Gasteiger partial charge in [0.05, 0.1) is 14.2 Å². The summed E-state index contributed by atoms with van der Waals surface area (Å²) in [6.45, 7) is 0. The van der Waals surface area contributed by atoms with E-state index in [1.54, 1.807) is 36.4 Å². The van der Waals surface area contributed by atoms with Gasteiger partial charge in [-0.1, -0.05) is 37.5 Å². The molecule has 1 aliphatic carbocycles.